The molecule has 1 aromatic carbocycles. The van der Waals surface area contributed by atoms with Crippen molar-refractivity contribution >= 4 is 16.8 Å². The highest BCUT2D eigenvalue weighted by molar-refractivity contribution is 5.86. The smallest absolute Gasteiger partial charge is 0.203 e. The maximum Gasteiger partial charge on any atom is 0.203 e. The van der Waals surface area contributed by atoms with Crippen LogP contribution in [0.25, 0.3) is 28.2 Å². The van der Waals surface area contributed by atoms with E-state index in [1.807, 2.05) is 12.1 Å². The quantitative estimate of drug-likeness (QED) is 0.514. The zero-order chi connectivity index (χ0) is 19.7. The van der Waals surface area contributed by atoms with Gasteiger partial charge in [-0.25, -0.2) is 15.0 Å². The van der Waals surface area contributed by atoms with Crippen molar-refractivity contribution in [1.82, 2.24) is 29.5 Å². The van der Waals surface area contributed by atoms with Crippen LogP contribution in [0.15, 0.2) is 18.5 Å². The van der Waals surface area contributed by atoms with Crippen LogP contribution < -0.4 is 14.2 Å². The first-order valence-corrected chi connectivity index (χ1v) is 8.58. The summed E-state index contributed by atoms with van der Waals surface area (Å²) in [4.78, 5) is 16.6. The van der Waals surface area contributed by atoms with Gasteiger partial charge < -0.3 is 23.9 Å². The van der Waals surface area contributed by atoms with E-state index in [0.29, 0.717) is 58.7 Å². The molecule has 1 N–H and O–H groups in total. The van der Waals surface area contributed by atoms with Crippen LogP contribution in [0.5, 0.6) is 17.2 Å². The Morgan fingerprint density at radius 1 is 1.00 bits per heavy atom. The van der Waals surface area contributed by atoms with Gasteiger partial charge in [0.15, 0.2) is 28.6 Å². The van der Waals surface area contributed by atoms with Gasteiger partial charge in [-0.05, 0) is 12.1 Å². The fourth-order valence-corrected chi connectivity index (χ4v) is 3.05. The Hall–Kier alpha value is -3.40. The Morgan fingerprint density at radius 2 is 1.75 bits per heavy atom. The monoisotopic (exact) mass is 384 g/mol. The second kappa shape index (κ2) is 7.31. The minimum absolute atomic E-state index is 0.502. The van der Waals surface area contributed by atoms with Crippen molar-refractivity contribution in [2.24, 2.45) is 0 Å². The van der Waals surface area contributed by atoms with Gasteiger partial charge in [-0.3, -0.25) is 0 Å². The van der Waals surface area contributed by atoms with Crippen molar-refractivity contribution in [3.05, 3.63) is 24.3 Å². The third kappa shape index (κ3) is 2.87. The maximum atomic E-state index is 5.44. The lowest BCUT2D eigenvalue weighted by Gasteiger charge is -2.12. The summed E-state index contributed by atoms with van der Waals surface area (Å²) in [6, 6.07) is 3.62. The van der Waals surface area contributed by atoms with E-state index in [1.54, 1.807) is 39.3 Å². The lowest BCUT2D eigenvalue weighted by atomic mass is 10.1. The molecule has 146 valence electrons. The average molecular weight is 384 g/mol. The number of imidazole rings is 1. The molecule has 28 heavy (non-hydrogen) atoms. The fraction of sp³-hybridized carbons (Fsp3) is 0.333. The Morgan fingerprint density at radius 3 is 2.39 bits per heavy atom. The number of fused-ring (bicyclic) bond motifs is 3. The Balaban J connectivity index is 1.92. The summed E-state index contributed by atoms with van der Waals surface area (Å²) in [5.41, 5.74) is 2.66. The number of hydrogen-bond acceptors (Lipinski definition) is 8. The highest BCUT2D eigenvalue weighted by Gasteiger charge is 2.19. The molecule has 0 aliphatic carbocycles. The molecule has 0 bridgehead atoms. The first-order chi connectivity index (χ1) is 13.7. The van der Waals surface area contributed by atoms with Gasteiger partial charge in [0.25, 0.3) is 0 Å². The van der Waals surface area contributed by atoms with E-state index in [1.165, 1.54) is 0 Å². The second-order valence-corrected chi connectivity index (χ2v) is 5.96. The molecule has 10 heteroatoms. The zero-order valence-corrected chi connectivity index (χ0v) is 16.0. The Kier molecular flexibility index (Phi) is 4.70. The Labute approximate surface area is 160 Å². The molecular formula is C18H20N6O4. The lowest BCUT2D eigenvalue weighted by Crippen LogP contribution is -2.07. The van der Waals surface area contributed by atoms with E-state index < -0.39 is 0 Å². The highest BCUT2D eigenvalue weighted by atomic mass is 16.5. The van der Waals surface area contributed by atoms with Crippen molar-refractivity contribution in [3.63, 3.8) is 0 Å². The van der Waals surface area contributed by atoms with Gasteiger partial charge in [0.2, 0.25) is 5.75 Å². The number of hydrogen-bond donors (Lipinski definition) is 1. The van der Waals surface area contributed by atoms with Crippen molar-refractivity contribution in [2.45, 2.75) is 6.42 Å². The molecule has 0 atom stereocenters. The van der Waals surface area contributed by atoms with Gasteiger partial charge in [0.1, 0.15) is 11.3 Å². The van der Waals surface area contributed by atoms with E-state index >= 15 is 0 Å². The molecule has 0 amide bonds. The summed E-state index contributed by atoms with van der Waals surface area (Å²) in [5, 5.41) is 4.66. The summed E-state index contributed by atoms with van der Waals surface area (Å²) in [7, 11) is 6.34. The van der Waals surface area contributed by atoms with Crippen LogP contribution >= 0.6 is 0 Å². The molecule has 4 rings (SSSR count). The first-order valence-electron chi connectivity index (χ1n) is 8.58. The summed E-state index contributed by atoms with van der Waals surface area (Å²) >= 11 is 0. The van der Waals surface area contributed by atoms with Crippen molar-refractivity contribution in [1.29, 1.82) is 0 Å². The highest BCUT2D eigenvalue weighted by Crippen LogP contribution is 2.40. The molecule has 0 saturated heterocycles. The van der Waals surface area contributed by atoms with Gasteiger partial charge in [-0.2, -0.15) is 4.52 Å². The van der Waals surface area contributed by atoms with Crippen LogP contribution in [-0.4, -0.2) is 64.6 Å². The molecule has 0 saturated carbocycles. The number of nitrogens with zero attached hydrogens (tertiary/aromatic N) is 5. The summed E-state index contributed by atoms with van der Waals surface area (Å²) in [5.74, 6) is 2.78. The summed E-state index contributed by atoms with van der Waals surface area (Å²) < 4.78 is 23.2. The third-order valence-electron chi connectivity index (χ3n) is 4.38. The van der Waals surface area contributed by atoms with Crippen LogP contribution in [0.3, 0.4) is 0 Å². The molecule has 3 aromatic heterocycles. The van der Waals surface area contributed by atoms with E-state index in [-0.39, 0.29) is 0 Å². The normalized spacial score (nSPS) is 11.3. The number of aromatic amines is 1. The van der Waals surface area contributed by atoms with Gasteiger partial charge in [0, 0.05) is 19.1 Å². The van der Waals surface area contributed by atoms with E-state index in [2.05, 4.69) is 20.1 Å². The largest absolute Gasteiger partial charge is 0.493 e. The van der Waals surface area contributed by atoms with Crippen LogP contribution in [0.1, 0.15) is 5.82 Å². The number of nitrogens with one attached hydrogen (secondary N) is 1. The topological polar surface area (TPSA) is 109 Å². The SMILES string of the molecule is COCCc1nc2nc[nH]c2c2nc(-c3cc(OC)c(OC)c(OC)c3)nn12. The predicted octanol–water partition coefficient (Wildman–Crippen LogP) is 1.88. The van der Waals surface area contributed by atoms with Gasteiger partial charge in [-0.15, -0.1) is 5.10 Å². The minimum atomic E-state index is 0.502. The fourth-order valence-electron chi connectivity index (χ4n) is 3.05. The molecule has 0 unspecified atom stereocenters. The number of methoxy groups -OCH3 is 4. The van der Waals surface area contributed by atoms with Crippen LogP contribution in [-0.2, 0) is 11.2 Å². The van der Waals surface area contributed by atoms with Crippen LogP contribution in [0.2, 0.25) is 0 Å². The lowest BCUT2D eigenvalue weighted by molar-refractivity contribution is 0.200. The number of H-pyrrole nitrogens is 1. The molecule has 0 aliphatic rings. The number of ether oxygens (including phenoxy) is 4. The van der Waals surface area contributed by atoms with Crippen molar-refractivity contribution in [3.8, 4) is 28.6 Å². The molecule has 10 nitrogen and oxygen atoms in total. The number of rotatable bonds is 7. The molecule has 0 fully saturated rings. The van der Waals surface area contributed by atoms with Crippen LogP contribution in [0.4, 0.5) is 0 Å². The number of aromatic nitrogens is 6. The zero-order valence-electron chi connectivity index (χ0n) is 16.0. The number of benzene rings is 1. The van der Waals surface area contributed by atoms with E-state index in [0.717, 1.165) is 5.56 Å². The van der Waals surface area contributed by atoms with Crippen molar-refractivity contribution in [2.75, 3.05) is 35.0 Å². The average Bonchev–Trinajstić information content (AvgIpc) is 3.37. The molecular weight excluding hydrogens is 364 g/mol. The molecule has 0 aliphatic heterocycles. The molecule has 3 heterocycles. The summed E-state index contributed by atoms with van der Waals surface area (Å²) in [6.45, 7) is 0.511. The summed E-state index contributed by atoms with van der Waals surface area (Å²) in [6.07, 6.45) is 2.17. The van der Waals surface area contributed by atoms with Gasteiger partial charge in [-0.1, -0.05) is 0 Å². The van der Waals surface area contributed by atoms with E-state index in [9.17, 15) is 0 Å². The molecule has 4 aromatic rings. The molecule has 0 spiro atoms. The standard InChI is InChI=1S/C18H20N6O4/c1-25-6-5-13-21-17-14(19-9-20-17)18-22-16(23-24(13)18)10-7-11(26-2)15(28-4)12(8-10)27-3/h7-9H,5-6H2,1-4H3,(H,19,20). The maximum absolute atomic E-state index is 5.44. The van der Waals surface area contributed by atoms with Crippen molar-refractivity contribution < 1.29 is 18.9 Å². The predicted molar refractivity (Wildman–Crippen MR) is 101 cm³/mol. The van der Waals surface area contributed by atoms with Gasteiger partial charge >= 0.3 is 0 Å². The van der Waals surface area contributed by atoms with Crippen LogP contribution in [0, 0.1) is 0 Å². The van der Waals surface area contributed by atoms with E-state index in [4.69, 9.17) is 23.9 Å². The minimum Gasteiger partial charge on any atom is -0.493 e. The van der Waals surface area contributed by atoms with Gasteiger partial charge in [0.05, 0.1) is 34.3 Å². The second-order valence-electron chi connectivity index (χ2n) is 5.96. The third-order valence-corrected chi connectivity index (χ3v) is 4.38. The first kappa shape index (κ1) is 18.0. The molecule has 0 radical (unpaired) electrons. The Bertz CT molecular complexity index is 1110.